The lowest BCUT2D eigenvalue weighted by Crippen LogP contribution is -2.37. The van der Waals surface area contributed by atoms with E-state index in [-0.39, 0.29) is 5.82 Å². The Bertz CT molecular complexity index is 1160. The molecule has 0 spiro atoms. The monoisotopic (exact) mass is 479 g/mol. The molecule has 0 radical (unpaired) electrons. The molecular weight excluding hydrogens is 455 g/mol. The number of nitrogens with one attached hydrogen (secondary N) is 1. The molecule has 0 atom stereocenters. The maximum atomic E-state index is 14.4. The molecule has 1 fully saturated rings. The predicted molar refractivity (Wildman–Crippen MR) is 117 cm³/mol. The van der Waals surface area contributed by atoms with Crippen molar-refractivity contribution in [3.05, 3.63) is 35.7 Å². The molecule has 12 heteroatoms. The van der Waals surface area contributed by atoms with Crippen molar-refractivity contribution in [3.63, 3.8) is 0 Å². The van der Waals surface area contributed by atoms with Gasteiger partial charge in [0.05, 0.1) is 45.1 Å². The van der Waals surface area contributed by atoms with Gasteiger partial charge in [0, 0.05) is 31.8 Å². The average Bonchev–Trinajstić information content (AvgIpc) is 2.85. The summed E-state index contributed by atoms with van der Waals surface area (Å²) < 4.78 is 63.8. The molecule has 1 aliphatic rings. The molecule has 182 valence electrons. The van der Waals surface area contributed by atoms with Crippen LogP contribution in [0.1, 0.15) is 6.42 Å². The first-order chi connectivity index (χ1) is 16.5. The van der Waals surface area contributed by atoms with Crippen LogP contribution in [0.5, 0.6) is 17.2 Å². The molecule has 0 saturated carbocycles. The summed E-state index contributed by atoms with van der Waals surface area (Å²) in [7, 11) is 2.52. The predicted octanol–water partition coefficient (Wildman–Crippen LogP) is 3.30. The van der Waals surface area contributed by atoms with Crippen LogP contribution in [-0.2, 0) is 4.74 Å². The summed E-state index contributed by atoms with van der Waals surface area (Å²) in [6.07, 6.45) is 0.809. The number of hydrogen-bond donors (Lipinski definition) is 1. The lowest BCUT2D eigenvalue weighted by Gasteiger charge is -2.26. The highest BCUT2D eigenvalue weighted by Crippen LogP contribution is 2.36. The van der Waals surface area contributed by atoms with Crippen molar-refractivity contribution in [3.8, 4) is 17.2 Å². The Morgan fingerprint density at radius 2 is 1.79 bits per heavy atom. The highest BCUT2D eigenvalue weighted by Gasteiger charge is 2.21. The molecule has 0 amide bonds. The van der Waals surface area contributed by atoms with Crippen molar-refractivity contribution < 1.29 is 32.1 Å². The van der Waals surface area contributed by atoms with Crippen molar-refractivity contribution in [2.45, 2.75) is 6.42 Å². The van der Waals surface area contributed by atoms with Crippen LogP contribution in [0.15, 0.2) is 18.2 Å². The number of morpholine rings is 1. The molecule has 34 heavy (non-hydrogen) atoms. The van der Waals surface area contributed by atoms with Crippen molar-refractivity contribution in [2.75, 3.05) is 59.0 Å². The quantitative estimate of drug-likeness (QED) is 0.367. The summed E-state index contributed by atoms with van der Waals surface area (Å²) >= 11 is 0. The Morgan fingerprint density at radius 1 is 1.00 bits per heavy atom. The molecule has 1 saturated heterocycles. The van der Waals surface area contributed by atoms with Crippen LogP contribution in [-0.4, -0.2) is 74.0 Å². The Balaban J connectivity index is 1.54. The highest BCUT2D eigenvalue weighted by atomic mass is 19.2. The highest BCUT2D eigenvalue weighted by molar-refractivity contribution is 5.92. The second-order valence-electron chi connectivity index (χ2n) is 7.51. The van der Waals surface area contributed by atoms with E-state index in [1.54, 1.807) is 12.1 Å². The van der Waals surface area contributed by atoms with E-state index in [1.807, 2.05) is 0 Å². The zero-order valence-corrected chi connectivity index (χ0v) is 18.7. The van der Waals surface area contributed by atoms with E-state index in [4.69, 9.17) is 14.2 Å². The zero-order valence-electron chi connectivity index (χ0n) is 18.7. The first-order valence-corrected chi connectivity index (χ1v) is 10.6. The fourth-order valence-corrected chi connectivity index (χ4v) is 3.63. The van der Waals surface area contributed by atoms with Gasteiger partial charge < -0.3 is 24.3 Å². The van der Waals surface area contributed by atoms with Crippen LogP contribution >= 0.6 is 0 Å². The van der Waals surface area contributed by atoms with Gasteiger partial charge >= 0.3 is 0 Å². The molecule has 0 unspecified atom stereocenters. The van der Waals surface area contributed by atoms with E-state index in [0.29, 0.717) is 29.0 Å². The summed E-state index contributed by atoms with van der Waals surface area (Å²) in [6.45, 7) is 4.63. The SMILES string of the molecule is COc1cc2c(Nc3cc(F)c(OC)c(F)c3F)nnnc2cc1OCCCN1CCOCC1. The molecule has 3 aromatic rings. The maximum Gasteiger partial charge on any atom is 0.205 e. The van der Waals surface area contributed by atoms with Crippen LogP contribution in [0, 0.1) is 17.5 Å². The number of halogens is 3. The number of anilines is 2. The summed E-state index contributed by atoms with van der Waals surface area (Å²) in [6, 6.07) is 3.98. The molecule has 9 nitrogen and oxygen atoms in total. The third-order valence-corrected chi connectivity index (χ3v) is 5.39. The number of methoxy groups -OCH3 is 2. The number of hydrogen-bond acceptors (Lipinski definition) is 9. The fraction of sp³-hybridized carbons (Fsp3) is 0.409. The van der Waals surface area contributed by atoms with E-state index in [0.717, 1.165) is 52.4 Å². The van der Waals surface area contributed by atoms with Crippen molar-refractivity contribution in [2.24, 2.45) is 0 Å². The molecule has 1 aliphatic heterocycles. The van der Waals surface area contributed by atoms with Gasteiger partial charge in [-0.1, -0.05) is 0 Å². The lowest BCUT2D eigenvalue weighted by atomic mass is 10.2. The van der Waals surface area contributed by atoms with Gasteiger partial charge in [0.1, 0.15) is 5.52 Å². The maximum absolute atomic E-state index is 14.4. The number of rotatable bonds is 9. The van der Waals surface area contributed by atoms with Gasteiger partial charge in [0.2, 0.25) is 5.82 Å². The standard InChI is InChI=1S/C22H24F3N5O4/c1-31-17-10-13-15(12-18(17)34-7-3-4-30-5-8-33-9-6-30)27-29-28-22(13)26-16-11-14(23)21(32-2)20(25)19(16)24/h10-12H,3-9H2,1-2H3,(H,26,27,28). The summed E-state index contributed by atoms with van der Waals surface area (Å²) in [4.78, 5) is 2.31. The Kier molecular flexibility index (Phi) is 7.48. The van der Waals surface area contributed by atoms with Crippen molar-refractivity contribution in [1.82, 2.24) is 20.3 Å². The molecule has 0 bridgehead atoms. The normalized spacial score (nSPS) is 14.3. The van der Waals surface area contributed by atoms with Crippen LogP contribution in [0.25, 0.3) is 10.9 Å². The number of ether oxygens (including phenoxy) is 4. The first-order valence-electron chi connectivity index (χ1n) is 10.6. The van der Waals surface area contributed by atoms with Crippen molar-refractivity contribution in [1.29, 1.82) is 0 Å². The van der Waals surface area contributed by atoms with Crippen LogP contribution in [0.4, 0.5) is 24.7 Å². The molecule has 2 aromatic carbocycles. The number of benzene rings is 2. The smallest absolute Gasteiger partial charge is 0.205 e. The minimum atomic E-state index is -1.46. The van der Waals surface area contributed by atoms with Gasteiger partial charge in [-0.05, 0) is 17.7 Å². The average molecular weight is 479 g/mol. The van der Waals surface area contributed by atoms with Crippen LogP contribution in [0.3, 0.4) is 0 Å². The third kappa shape index (κ3) is 5.07. The lowest BCUT2D eigenvalue weighted by molar-refractivity contribution is 0.0357. The van der Waals surface area contributed by atoms with Crippen molar-refractivity contribution >= 4 is 22.4 Å². The summed E-state index contributed by atoms with van der Waals surface area (Å²) in [5, 5.41) is 14.5. The van der Waals surface area contributed by atoms with E-state index in [2.05, 4.69) is 30.4 Å². The topological polar surface area (TPSA) is 90.9 Å². The van der Waals surface area contributed by atoms with Crippen LogP contribution < -0.4 is 19.5 Å². The van der Waals surface area contributed by atoms with Gasteiger partial charge in [0.25, 0.3) is 0 Å². The third-order valence-electron chi connectivity index (χ3n) is 5.39. The molecule has 1 aromatic heterocycles. The Hall–Kier alpha value is -3.38. The largest absolute Gasteiger partial charge is 0.493 e. The summed E-state index contributed by atoms with van der Waals surface area (Å²) in [5.41, 5.74) is -0.101. The zero-order chi connectivity index (χ0) is 24.1. The second-order valence-corrected chi connectivity index (χ2v) is 7.51. The van der Waals surface area contributed by atoms with Gasteiger partial charge in [-0.3, -0.25) is 4.90 Å². The van der Waals surface area contributed by atoms with Gasteiger partial charge in [-0.2, -0.15) is 4.39 Å². The molecule has 0 aliphatic carbocycles. The minimum absolute atomic E-state index is 0.0324. The fourth-order valence-electron chi connectivity index (χ4n) is 3.63. The van der Waals surface area contributed by atoms with Gasteiger partial charge in [0.15, 0.2) is 34.7 Å². The van der Waals surface area contributed by atoms with E-state index in [1.165, 1.54) is 7.11 Å². The van der Waals surface area contributed by atoms with E-state index >= 15 is 0 Å². The number of fused-ring (bicyclic) bond motifs is 1. The first kappa shape index (κ1) is 23.8. The van der Waals surface area contributed by atoms with E-state index in [9.17, 15) is 13.2 Å². The molecule has 2 heterocycles. The number of aromatic nitrogens is 3. The minimum Gasteiger partial charge on any atom is -0.493 e. The Labute approximate surface area is 193 Å². The molecule has 1 N–H and O–H groups in total. The summed E-state index contributed by atoms with van der Waals surface area (Å²) in [5.74, 6) is -3.78. The molecular formula is C22H24F3N5O4. The molecule has 4 rings (SSSR count). The van der Waals surface area contributed by atoms with Gasteiger partial charge in [-0.25, -0.2) is 8.78 Å². The number of nitrogens with zero attached hydrogens (tertiary/aromatic N) is 4. The second kappa shape index (κ2) is 10.7. The van der Waals surface area contributed by atoms with Crippen LogP contribution in [0.2, 0.25) is 0 Å². The van der Waals surface area contributed by atoms with Gasteiger partial charge in [-0.15, -0.1) is 10.2 Å². The Morgan fingerprint density at radius 3 is 2.53 bits per heavy atom. The van der Waals surface area contributed by atoms with E-state index < -0.39 is 28.9 Å².